The summed E-state index contributed by atoms with van der Waals surface area (Å²) in [5.41, 5.74) is 0. The first-order chi connectivity index (χ1) is 8.72. The van der Waals surface area contributed by atoms with Crippen LogP contribution in [0.2, 0.25) is 0 Å². The standard InChI is InChI=1S/C13H25N5/c1-4-5-6-7-14-12-10-13(17-11-16-12)15-8-9-18(2)3/h10-11H,4-9H2,1-3H3,(H2,14,15,16,17). The number of hydrogen-bond acceptors (Lipinski definition) is 5. The molecule has 0 aliphatic heterocycles. The van der Waals surface area contributed by atoms with Crippen LogP contribution >= 0.6 is 0 Å². The molecule has 1 rings (SSSR count). The minimum atomic E-state index is 0.879. The Balaban J connectivity index is 2.32. The first-order valence-corrected chi connectivity index (χ1v) is 6.67. The van der Waals surface area contributed by atoms with Crippen molar-refractivity contribution in [1.82, 2.24) is 14.9 Å². The summed E-state index contributed by atoms with van der Waals surface area (Å²) in [5, 5.41) is 6.60. The van der Waals surface area contributed by atoms with Gasteiger partial charge in [0.05, 0.1) is 0 Å². The van der Waals surface area contributed by atoms with E-state index in [9.17, 15) is 0 Å². The quantitative estimate of drug-likeness (QED) is 0.658. The highest BCUT2D eigenvalue weighted by Crippen LogP contribution is 2.08. The smallest absolute Gasteiger partial charge is 0.131 e. The Bertz CT molecular complexity index is 327. The number of aromatic nitrogens is 2. The van der Waals surface area contributed by atoms with Crippen molar-refractivity contribution in [2.75, 3.05) is 44.4 Å². The molecule has 5 heteroatoms. The molecular weight excluding hydrogens is 226 g/mol. The molecular formula is C13H25N5. The topological polar surface area (TPSA) is 53.1 Å². The molecule has 0 aromatic carbocycles. The van der Waals surface area contributed by atoms with Crippen LogP contribution in [0, 0.1) is 0 Å². The van der Waals surface area contributed by atoms with Gasteiger partial charge in [-0.3, -0.25) is 0 Å². The molecule has 0 amide bonds. The highest BCUT2D eigenvalue weighted by Gasteiger charge is 1.98. The predicted molar refractivity (Wildman–Crippen MR) is 77.1 cm³/mol. The third-order valence-corrected chi connectivity index (χ3v) is 2.62. The van der Waals surface area contributed by atoms with Crippen LogP contribution in [0.5, 0.6) is 0 Å². The number of hydrogen-bond donors (Lipinski definition) is 2. The Hall–Kier alpha value is -1.36. The van der Waals surface area contributed by atoms with Crippen molar-refractivity contribution in [1.29, 1.82) is 0 Å². The number of nitrogens with zero attached hydrogens (tertiary/aromatic N) is 3. The zero-order chi connectivity index (χ0) is 13.2. The summed E-state index contributed by atoms with van der Waals surface area (Å²) in [6.07, 6.45) is 5.28. The molecule has 0 aliphatic rings. The van der Waals surface area contributed by atoms with Gasteiger partial charge in [0.25, 0.3) is 0 Å². The highest BCUT2D eigenvalue weighted by atomic mass is 15.1. The average molecular weight is 251 g/mol. The molecule has 102 valence electrons. The van der Waals surface area contributed by atoms with Crippen molar-refractivity contribution in [3.63, 3.8) is 0 Å². The van der Waals surface area contributed by atoms with Crippen LogP contribution in [0.15, 0.2) is 12.4 Å². The normalized spacial score (nSPS) is 10.7. The number of nitrogens with one attached hydrogen (secondary N) is 2. The minimum absolute atomic E-state index is 0.879. The van der Waals surface area contributed by atoms with E-state index in [0.29, 0.717) is 0 Å². The van der Waals surface area contributed by atoms with E-state index in [4.69, 9.17) is 0 Å². The average Bonchev–Trinajstić information content (AvgIpc) is 2.35. The van der Waals surface area contributed by atoms with E-state index in [-0.39, 0.29) is 0 Å². The number of unbranched alkanes of at least 4 members (excludes halogenated alkanes) is 2. The van der Waals surface area contributed by atoms with Crippen molar-refractivity contribution >= 4 is 11.6 Å². The van der Waals surface area contributed by atoms with Crippen LogP contribution < -0.4 is 10.6 Å². The van der Waals surface area contributed by atoms with Crippen molar-refractivity contribution in [2.24, 2.45) is 0 Å². The molecule has 0 fully saturated rings. The second-order valence-electron chi connectivity index (χ2n) is 4.65. The third kappa shape index (κ3) is 6.39. The van der Waals surface area contributed by atoms with Crippen LogP contribution in [0.3, 0.4) is 0 Å². The fourth-order valence-corrected chi connectivity index (χ4v) is 1.55. The summed E-state index contributed by atoms with van der Waals surface area (Å²) >= 11 is 0. The van der Waals surface area contributed by atoms with E-state index in [1.807, 2.05) is 6.07 Å². The van der Waals surface area contributed by atoms with Crippen LogP contribution in [0.25, 0.3) is 0 Å². The van der Waals surface area contributed by atoms with Gasteiger partial charge in [0.15, 0.2) is 0 Å². The molecule has 1 aromatic heterocycles. The lowest BCUT2D eigenvalue weighted by molar-refractivity contribution is 0.425. The van der Waals surface area contributed by atoms with E-state index in [1.165, 1.54) is 19.3 Å². The Morgan fingerprint density at radius 1 is 1.06 bits per heavy atom. The Morgan fingerprint density at radius 3 is 2.33 bits per heavy atom. The van der Waals surface area contributed by atoms with Gasteiger partial charge in [0.1, 0.15) is 18.0 Å². The lowest BCUT2D eigenvalue weighted by Crippen LogP contribution is -2.21. The lowest BCUT2D eigenvalue weighted by atomic mass is 10.2. The number of rotatable bonds is 9. The monoisotopic (exact) mass is 251 g/mol. The summed E-state index contributed by atoms with van der Waals surface area (Å²) in [7, 11) is 4.12. The van der Waals surface area contributed by atoms with Crippen molar-refractivity contribution in [3.05, 3.63) is 12.4 Å². The molecule has 1 heterocycles. The Labute approximate surface area is 110 Å². The van der Waals surface area contributed by atoms with Gasteiger partial charge in [-0.15, -0.1) is 0 Å². The molecule has 5 nitrogen and oxygen atoms in total. The molecule has 18 heavy (non-hydrogen) atoms. The van der Waals surface area contributed by atoms with E-state index in [1.54, 1.807) is 6.33 Å². The van der Waals surface area contributed by atoms with Crippen molar-refractivity contribution < 1.29 is 0 Å². The van der Waals surface area contributed by atoms with Gasteiger partial charge in [-0.1, -0.05) is 19.8 Å². The molecule has 0 saturated carbocycles. The van der Waals surface area contributed by atoms with Crippen LogP contribution in [0.1, 0.15) is 26.2 Å². The maximum Gasteiger partial charge on any atom is 0.131 e. The number of anilines is 2. The molecule has 0 saturated heterocycles. The molecule has 0 spiro atoms. The molecule has 0 radical (unpaired) electrons. The van der Waals surface area contributed by atoms with E-state index in [2.05, 4.69) is 46.5 Å². The summed E-state index contributed by atoms with van der Waals surface area (Å²) in [6, 6.07) is 1.96. The SMILES string of the molecule is CCCCCNc1cc(NCCN(C)C)ncn1. The van der Waals surface area contributed by atoms with Gasteiger partial charge in [0.2, 0.25) is 0 Å². The van der Waals surface area contributed by atoms with Crippen molar-refractivity contribution in [2.45, 2.75) is 26.2 Å². The van der Waals surface area contributed by atoms with Gasteiger partial charge in [-0.2, -0.15) is 0 Å². The number of likely N-dealkylation sites (N-methyl/N-ethyl adjacent to an activating group) is 1. The van der Waals surface area contributed by atoms with Gasteiger partial charge >= 0.3 is 0 Å². The predicted octanol–water partition coefficient (Wildman–Crippen LogP) is 2.05. The van der Waals surface area contributed by atoms with E-state index in [0.717, 1.165) is 31.3 Å². The zero-order valence-corrected chi connectivity index (χ0v) is 11.7. The van der Waals surface area contributed by atoms with E-state index < -0.39 is 0 Å². The summed E-state index contributed by atoms with van der Waals surface area (Å²) < 4.78 is 0. The Morgan fingerprint density at radius 2 is 1.72 bits per heavy atom. The molecule has 1 aromatic rings. The third-order valence-electron chi connectivity index (χ3n) is 2.62. The van der Waals surface area contributed by atoms with E-state index >= 15 is 0 Å². The minimum Gasteiger partial charge on any atom is -0.370 e. The van der Waals surface area contributed by atoms with Gasteiger partial charge < -0.3 is 15.5 Å². The van der Waals surface area contributed by atoms with Gasteiger partial charge in [0, 0.05) is 25.7 Å². The largest absolute Gasteiger partial charge is 0.370 e. The molecule has 2 N–H and O–H groups in total. The summed E-state index contributed by atoms with van der Waals surface area (Å²) in [5.74, 6) is 1.78. The molecule has 0 atom stereocenters. The van der Waals surface area contributed by atoms with Crippen molar-refractivity contribution in [3.8, 4) is 0 Å². The maximum atomic E-state index is 4.21. The molecule has 0 bridgehead atoms. The fourth-order valence-electron chi connectivity index (χ4n) is 1.55. The maximum absolute atomic E-state index is 4.21. The molecule has 0 aliphatic carbocycles. The lowest BCUT2D eigenvalue weighted by Gasteiger charge is -2.11. The first kappa shape index (κ1) is 14.7. The summed E-state index contributed by atoms with van der Waals surface area (Å²) in [6.45, 7) is 5.06. The molecule has 0 unspecified atom stereocenters. The Kier molecular flexibility index (Phi) is 7.10. The fraction of sp³-hybridized carbons (Fsp3) is 0.692. The van der Waals surface area contributed by atoms with Crippen LogP contribution in [-0.2, 0) is 0 Å². The highest BCUT2D eigenvalue weighted by molar-refractivity contribution is 5.46. The van der Waals surface area contributed by atoms with Crippen LogP contribution in [-0.4, -0.2) is 48.6 Å². The summed E-state index contributed by atoms with van der Waals surface area (Å²) in [4.78, 5) is 10.5. The second-order valence-corrected chi connectivity index (χ2v) is 4.65. The van der Waals surface area contributed by atoms with Crippen LogP contribution in [0.4, 0.5) is 11.6 Å². The first-order valence-electron chi connectivity index (χ1n) is 6.67. The van der Waals surface area contributed by atoms with Gasteiger partial charge in [-0.25, -0.2) is 9.97 Å². The second kappa shape index (κ2) is 8.69. The van der Waals surface area contributed by atoms with Gasteiger partial charge in [-0.05, 0) is 20.5 Å². The zero-order valence-electron chi connectivity index (χ0n) is 11.7.